The lowest BCUT2D eigenvalue weighted by molar-refractivity contribution is 0.0699. The summed E-state index contributed by atoms with van der Waals surface area (Å²) in [6.07, 6.45) is 9.33. The summed E-state index contributed by atoms with van der Waals surface area (Å²) in [5.74, 6) is -0.277. The number of para-hydroxylation sites is 1. The lowest BCUT2D eigenvalue weighted by atomic mass is 9.95. The zero-order valence-electron chi connectivity index (χ0n) is 15.0. The molecule has 1 saturated heterocycles. The molecule has 0 bridgehead atoms. The molecule has 0 aliphatic carbocycles. The first kappa shape index (κ1) is 18.0. The van der Waals surface area contributed by atoms with Crippen molar-refractivity contribution in [2.45, 2.75) is 18.8 Å². The van der Waals surface area contributed by atoms with Gasteiger partial charge < -0.3 is 9.64 Å². The van der Waals surface area contributed by atoms with Crippen molar-refractivity contribution >= 4 is 5.91 Å². The van der Waals surface area contributed by atoms with Gasteiger partial charge in [0.15, 0.2) is 11.6 Å². The predicted molar refractivity (Wildman–Crippen MR) is 98.4 cm³/mol. The Morgan fingerprint density at radius 1 is 1.14 bits per heavy atom. The minimum absolute atomic E-state index is 0.0195. The summed E-state index contributed by atoms with van der Waals surface area (Å²) in [7, 11) is 0. The van der Waals surface area contributed by atoms with Crippen LogP contribution in [0.4, 0.5) is 4.39 Å². The summed E-state index contributed by atoms with van der Waals surface area (Å²) >= 11 is 0. The highest BCUT2D eigenvalue weighted by Crippen LogP contribution is 2.28. The van der Waals surface area contributed by atoms with Crippen molar-refractivity contribution < 1.29 is 13.9 Å². The quantitative estimate of drug-likeness (QED) is 0.692. The molecular weight excluding hydrogens is 361 g/mol. The van der Waals surface area contributed by atoms with Gasteiger partial charge in [0, 0.05) is 37.6 Å². The SMILES string of the molecule is O=C(c1cnccn1)N1CCCC(c2cncc(Oc3ccccc3F)n2)C1. The fraction of sp³-hybridized carbons (Fsp3) is 0.250. The normalized spacial score (nSPS) is 16.6. The Balaban J connectivity index is 1.49. The van der Waals surface area contributed by atoms with E-state index in [2.05, 4.69) is 19.9 Å². The van der Waals surface area contributed by atoms with Gasteiger partial charge in [-0.3, -0.25) is 14.8 Å². The molecule has 7 nitrogen and oxygen atoms in total. The van der Waals surface area contributed by atoms with Crippen LogP contribution in [-0.4, -0.2) is 43.8 Å². The molecule has 1 fully saturated rings. The van der Waals surface area contributed by atoms with E-state index < -0.39 is 5.82 Å². The number of ether oxygens (including phenoxy) is 1. The molecule has 0 radical (unpaired) electrons. The van der Waals surface area contributed by atoms with Gasteiger partial charge in [0.05, 0.1) is 18.1 Å². The molecule has 3 heterocycles. The van der Waals surface area contributed by atoms with Crippen molar-refractivity contribution in [2.24, 2.45) is 0 Å². The topological polar surface area (TPSA) is 81.1 Å². The minimum atomic E-state index is -0.465. The second-order valence-corrected chi connectivity index (χ2v) is 6.50. The van der Waals surface area contributed by atoms with Gasteiger partial charge in [0.1, 0.15) is 5.69 Å². The Labute approximate surface area is 161 Å². The molecule has 28 heavy (non-hydrogen) atoms. The third kappa shape index (κ3) is 3.95. The molecule has 142 valence electrons. The second-order valence-electron chi connectivity index (χ2n) is 6.50. The zero-order chi connectivity index (χ0) is 19.3. The largest absolute Gasteiger partial charge is 0.434 e. The summed E-state index contributed by atoms with van der Waals surface area (Å²) in [5, 5.41) is 0. The number of piperidine rings is 1. The maximum atomic E-state index is 13.8. The molecule has 3 aromatic rings. The molecule has 1 aliphatic rings. The maximum Gasteiger partial charge on any atom is 0.274 e. The van der Waals surface area contributed by atoms with E-state index in [4.69, 9.17) is 4.74 Å². The van der Waals surface area contributed by atoms with E-state index in [1.54, 1.807) is 23.2 Å². The Hall–Kier alpha value is -3.42. The van der Waals surface area contributed by atoms with Gasteiger partial charge in [-0.1, -0.05) is 12.1 Å². The van der Waals surface area contributed by atoms with Crippen molar-refractivity contribution in [1.82, 2.24) is 24.8 Å². The zero-order valence-corrected chi connectivity index (χ0v) is 15.0. The fourth-order valence-electron chi connectivity index (χ4n) is 3.22. The molecule has 0 spiro atoms. The summed E-state index contributed by atoms with van der Waals surface area (Å²) in [6, 6.07) is 6.14. The van der Waals surface area contributed by atoms with E-state index in [-0.39, 0.29) is 23.5 Å². The molecular formula is C20H18FN5O2. The van der Waals surface area contributed by atoms with Crippen LogP contribution in [0.1, 0.15) is 34.9 Å². The van der Waals surface area contributed by atoms with Crippen molar-refractivity contribution in [1.29, 1.82) is 0 Å². The number of hydrogen-bond acceptors (Lipinski definition) is 6. The first-order valence-corrected chi connectivity index (χ1v) is 9.00. The highest BCUT2D eigenvalue weighted by Gasteiger charge is 2.27. The molecule has 1 aliphatic heterocycles. The van der Waals surface area contributed by atoms with Crippen molar-refractivity contribution in [3.63, 3.8) is 0 Å². The van der Waals surface area contributed by atoms with Crippen LogP contribution in [0, 0.1) is 5.82 Å². The van der Waals surface area contributed by atoms with Crippen LogP contribution in [0.3, 0.4) is 0 Å². The van der Waals surface area contributed by atoms with E-state index in [1.807, 2.05) is 0 Å². The molecule has 1 amide bonds. The van der Waals surface area contributed by atoms with E-state index in [0.29, 0.717) is 24.5 Å². The number of carbonyl (C=O) groups is 1. The van der Waals surface area contributed by atoms with Crippen molar-refractivity contribution in [3.8, 4) is 11.6 Å². The summed E-state index contributed by atoms with van der Waals surface area (Å²) in [4.78, 5) is 31.1. The first-order valence-electron chi connectivity index (χ1n) is 9.00. The summed E-state index contributed by atoms with van der Waals surface area (Å²) in [6.45, 7) is 1.16. The van der Waals surface area contributed by atoms with Gasteiger partial charge in [-0.25, -0.2) is 14.4 Å². The number of halogens is 1. The van der Waals surface area contributed by atoms with E-state index in [1.165, 1.54) is 36.9 Å². The van der Waals surface area contributed by atoms with Gasteiger partial charge in [-0.15, -0.1) is 0 Å². The Morgan fingerprint density at radius 2 is 2.04 bits per heavy atom. The first-order chi connectivity index (χ1) is 13.7. The predicted octanol–water partition coefficient (Wildman–Crippen LogP) is 3.22. The van der Waals surface area contributed by atoms with Gasteiger partial charge in [-0.2, -0.15) is 0 Å². The number of benzene rings is 1. The summed E-state index contributed by atoms with van der Waals surface area (Å²) in [5.41, 5.74) is 1.04. The molecule has 1 aromatic carbocycles. The molecule has 0 N–H and O–H groups in total. The van der Waals surface area contributed by atoms with E-state index >= 15 is 0 Å². The van der Waals surface area contributed by atoms with Gasteiger partial charge in [0.2, 0.25) is 5.88 Å². The van der Waals surface area contributed by atoms with Crippen LogP contribution in [-0.2, 0) is 0 Å². The van der Waals surface area contributed by atoms with Gasteiger partial charge in [0.25, 0.3) is 5.91 Å². The third-order valence-electron chi connectivity index (χ3n) is 4.59. The van der Waals surface area contributed by atoms with Crippen LogP contribution < -0.4 is 4.74 Å². The molecule has 0 saturated carbocycles. The van der Waals surface area contributed by atoms with E-state index in [9.17, 15) is 9.18 Å². The molecule has 2 aromatic heterocycles. The second kappa shape index (κ2) is 8.08. The highest BCUT2D eigenvalue weighted by molar-refractivity contribution is 5.92. The Bertz CT molecular complexity index is 970. The molecule has 8 heteroatoms. The van der Waals surface area contributed by atoms with Gasteiger partial charge in [-0.05, 0) is 25.0 Å². The number of hydrogen-bond donors (Lipinski definition) is 0. The molecule has 4 rings (SSSR count). The van der Waals surface area contributed by atoms with Crippen molar-refractivity contribution in [2.75, 3.05) is 13.1 Å². The number of rotatable bonds is 4. The van der Waals surface area contributed by atoms with Crippen LogP contribution >= 0.6 is 0 Å². The third-order valence-corrected chi connectivity index (χ3v) is 4.59. The number of likely N-dealkylation sites (tertiary alicyclic amines) is 1. The summed E-state index contributed by atoms with van der Waals surface area (Å²) < 4.78 is 19.3. The maximum absolute atomic E-state index is 13.8. The number of aromatic nitrogens is 4. The van der Waals surface area contributed by atoms with Crippen LogP contribution in [0.5, 0.6) is 11.6 Å². The van der Waals surface area contributed by atoms with Crippen LogP contribution in [0.2, 0.25) is 0 Å². The smallest absolute Gasteiger partial charge is 0.274 e. The average molecular weight is 379 g/mol. The standard InChI is InChI=1S/C20H18FN5O2/c21-15-5-1-2-6-18(15)28-19-12-23-10-16(25-19)14-4-3-9-26(13-14)20(27)17-11-22-7-8-24-17/h1-2,5-8,10-12,14H,3-4,9,13H2. The van der Waals surface area contributed by atoms with Gasteiger partial charge >= 0.3 is 0 Å². The van der Waals surface area contributed by atoms with E-state index in [0.717, 1.165) is 12.8 Å². The monoisotopic (exact) mass is 379 g/mol. The lowest BCUT2D eigenvalue weighted by Crippen LogP contribution is -2.39. The van der Waals surface area contributed by atoms with Crippen LogP contribution in [0.25, 0.3) is 0 Å². The fourth-order valence-corrected chi connectivity index (χ4v) is 3.22. The molecule has 1 atom stereocenters. The Kier molecular flexibility index (Phi) is 5.18. The number of carbonyl (C=O) groups excluding carboxylic acids is 1. The minimum Gasteiger partial charge on any atom is -0.434 e. The molecule has 1 unspecified atom stereocenters. The highest BCUT2D eigenvalue weighted by atomic mass is 19.1. The number of nitrogens with zero attached hydrogens (tertiary/aromatic N) is 5. The lowest BCUT2D eigenvalue weighted by Gasteiger charge is -2.32. The average Bonchev–Trinajstić information content (AvgIpc) is 2.76. The van der Waals surface area contributed by atoms with Crippen molar-refractivity contribution in [3.05, 3.63) is 72.5 Å². The number of amides is 1. The van der Waals surface area contributed by atoms with Crippen LogP contribution in [0.15, 0.2) is 55.2 Å². The Morgan fingerprint density at radius 3 is 2.86 bits per heavy atom.